The Morgan fingerprint density at radius 3 is 2.06 bits per heavy atom. The Hall–Kier alpha value is -0.980. The third-order valence-electron chi connectivity index (χ3n) is 3.62. The third kappa shape index (κ3) is 4.72. The van der Waals surface area contributed by atoms with Crippen LogP contribution in [0.2, 0.25) is 0 Å². The summed E-state index contributed by atoms with van der Waals surface area (Å²) < 4.78 is 0. The zero-order valence-corrected chi connectivity index (χ0v) is 13.3. The Balaban J connectivity index is 5.31. The third-order valence-corrected chi connectivity index (χ3v) is 3.62. The van der Waals surface area contributed by atoms with E-state index in [4.69, 9.17) is 0 Å². The van der Waals surface area contributed by atoms with Gasteiger partial charge in [-0.25, -0.2) is 0 Å². The molecule has 1 atom stereocenters. The molecule has 18 heavy (non-hydrogen) atoms. The maximum atomic E-state index is 4.31. The number of nitrogens with zero attached hydrogens (tertiary/aromatic N) is 1. The maximum Gasteiger partial charge on any atom is 0.0422 e. The highest BCUT2D eigenvalue weighted by molar-refractivity contribution is 5.41. The average Bonchev–Trinajstić information content (AvgIpc) is 2.33. The van der Waals surface area contributed by atoms with Crippen LogP contribution >= 0.6 is 0 Å². The summed E-state index contributed by atoms with van der Waals surface area (Å²) in [6.07, 6.45) is 3.33. The summed E-state index contributed by atoms with van der Waals surface area (Å²) in [6, 6.07) is 0. The van der Waals surface area contributed by atoms with Gasteiger partial charge >= 0.3 is 0 Å². The Kier molecular flexibility index (Phi) is 7.73. The molecule has 0 rings (SSSR count). The van der Waals surface area contributed by atoms with Crippen molar-refractivity contribution in [3.05, 3.63) is 35.6 Å². The lowest BCUT2D eigenvalue weighted by molar-refractivity contribution is 0.442. The van der Waals surface area contributed by atoms with E-state index >= 15 is 0 Å². The molecule has 1 heteroatoms. The van der Waals surface area contributed by atoms with E-state index in [-0.39, 0.29) is 0 Å². The standard InChI is InChI=1S/C17H31N/c1-9-14(6)12-15(7)16(10-2)17(13(4)5)18(8)11-3/h14H,4,7,9-12H2,1-3,5-6,8H3/b17-16-. The summed E-state index contributed by atoms with van der Waals surface area (Å²) in [4.78, 5) is 2.28. The fourth-order valence-electron chi connectivity index (χ4n) is 2.24. The number of rotatable bonds is 8. The Labute approximate surface area is 114 Å². The molecule has 0 aromatic carbocycles. The zero-order chi connectivity index (χ0) is 14.3. The zero-order valence-electron chi connectivity index (χ0n) is 13.3. The minimum atomic E-state index is 0.706. The van der Waals surface area contributed by atoms with Crippen molar-refractivity contribution in [3.8, 4) is 0 Å². The Morgan fingerprint density at radius 1 is 1.17 bits per heavy atom. The van der Waals surface area contributed by atoms with Crippen molar-refractivity contribution in [1.82, 2.24) is 4.90 Å². The number of hydrogen-bond donors (Lipinski definition) is 0. The van der Waals surface area contributed by atoms with Crippen LogP contribution in [-0.4, -0.2) is 18.5 Å². The Bertz CT molecular complexity index is 323. The lowest BCUT2D eigenvalue weighted by atomic mass is 9.91. The van der Waals surface area contributed by atoms with Crippen LogP contribution in [-0.2, 0) is 0 Å². The molecule has 0 aliphatic carbocycles. The maximum absolute atomic E-state index is 4.31. The SMILES string of the molecule is C=C(CC(C)CC)/C(CC)=C(/C(=C)C)N(C)CC. The molecule has 0 saturated carbocycles. The van der Waals surface area contributed by atoms with Crippen LogP contribution in [0.3, 0.4) is 0 Å². The van der Waals surface area contributed by atoms with E-state index in [1.807, 2.05) is 0 Å². The van der Waals surface area contributed by atoms with Gasteiger partial charge in [-0.2, -0.15) is 0 Å². The predicted molar refractivity (Wildman–Crippen MR) is 83.6 cm³/mol. The average molecular weight is 249 g/mol. The molecule has 0 saturated heterocycles. The number of likely N-dealkylation sites (N-methyl/N-ethyl adjacent to an activating group) is 1. The largest absolute Gasteiger partial charge is 0.374 e. The second-order valence-corrected chi connectivity index (χ2v) is 5.30. The minimum Gasteiger partial charge on any atom is -0.374 e. The summed E-state index contributed by atoms with van der Waals surface area (Å²) in [6.45, 7) is 20.5. The summed E-state index contributed by atoms with van der Waals surface area (Å²) in [5, 5.41) is 0. The topological polar surface area (TPSA) is 3.24 Å². The van der Waals surface area contributed by atoms with Crippen LogP contribution in [0.15, 0.2) is 35.6 Å². The molecular weight excluding hydrogens is 218 g/mol. The van der Waals surface area contributed by atoms with Crippen LogP contribution in [0.5, 0.6) is 0 Å². The summed E-state index contributed by atoms with van der Waals surface area (Å²) in [5.74, 6) is 0.706. The van der Waals surface area contributed by atoms with Crippen LogP contribution in [0.1, 0.15) is 53.9 Å². The summed E-state index contributed by atoms with van der Waals surface area (Å²) in [7, 11) is 2.14. The monoisotopic (exact) mass is 249 g/mol. The van der Waals surface area contributed by atoms with Crippen molar-refractivity contribution >= 4 is 0 Å². The lowest BCUT2D eigenvalue weighted by Gasteiger charge is -2.26. The van der Waals surface area contributed by atoms with Gasteiger partial charge in [0.15, 0.2) is 0 Å². The normalized spacial score (nSPS) is 13.9. The molecule has 0 aliphatic rings. The minimum absolute atomic E-state index is 0.706. The molecule has 0 heterocycles. The molecule has 0 N–H and O–H groups in total. The van der Waals surface area contributed by atoms with Gasteiger partial charge in [-0.05, 0) is 49.3 Å². The van der Waals surface area contributed by atoms with E-state index in [1.54, 1.807) is 0 Å². The van der Waals surface area contributed by atoms with E-state index < -0.39 is 0 Å². The molecule has 0 radical (unpaired) electrons. The van der Waals surface area contributed by atoms with Crippen molar-refractivity contribution in [2.75, 3.05) is 13.6 Å². The summed E-state index contributed by atoms with van der Waals surface area (Å²) >= 11 is 0. The van der Waals surface area contributed by atoms with Gasteiger partial charge in [-0.1, -0.05) is 40.3 Å². The molecule has 0 amide bonds. The van der Waals surface area contributed by atoms with Gasteiger partial charge in [0.2, 0.25) is 0 Å². The van der Waals surface area contributed by atoms with Crippen molar-refractivity contribution in [3.63, 3.8) is 0 Å². The van der Waals surface area contributed by atoms with E-state index in [2.05, 4.69) is 59.7 Å². The van der Waals surface area contributed by atoms with Crippen LogP contribution in [0, 0.1) is 5.92 Å². The quantitative estimate of drug-likeness (QED) is 0.536. The number of allylic oxidation sites excluding steroid dienone is 3. The van der Waals surface area contributed by atoms with Gasteiger partial charge in [-0.15, -0.1) is 0 Å². The second kappa shape index (κ2) is 8.18. The highest BCUT2D eigenvalue weighted by Gasteiger charge is 2.14. The second-order valence-electron chi connectivity index (χ2n) is 5.30. The first kappa shape index (κ1) is 17.0. The van der Waals surface area contributed by atoms with Gasteiger partial charge in [0.05, 0.1) is 0 Å². The van der Waals surface area contributed by atoms with Crippen molar-refractivity contribution in [1.29, 1.82) is 0 Å². The molecule has 1 nitrogen and oxygen atoms in total. The van der Waals surface area contributed by atoms with Gasteiger partial charge in [0.1, 0.15) is 0 Å². The highest BCUT2D eigenvalue weighted by atomic mass is 15.1. The van der Waals surface area contributed by atoms with Gasteiger partial charge in [-0.3, -0.25) is 0 Å². The molecule has 0 spiro atoms. The van der Waals surface area contributed by atoms with Crippen LogP contribution in [0.4, 0.5) is 0 Å². The molecule has 1 unspecified atom stereocenters. The first-order chi connectivity index (χ1) is 8.38. The molecule has 0 aliphatic heterocycles. The van der Waals surface area contributed by atoms with Gasteiger partial charge in [0, 0.05) is 19.3 Å². The van der Waals surface area contributed by atoms with Crippen molar-refractivity contribution in [2.45, 2.75) is 53.9 Å². The van der Waals surface area contributed by atoms with Gasteiger partial charge < -0.3 is 4.90 Å². The molecule has 0 aromatic rings. The van der Waals surface area contributed by atoms with E-state index in [9.17, 15) is 0 Å². The number of hydrogen-bond acceptors (Lipinski definition) is 1. The Morgan fingerprint density at radius 2 is 1.72 bits per heavy atom. The van der Waals surface area contributed by atoms with Crippen molar-refractivity contribution < 1.29 is 0 Å². The fourth-order valence-corrected chi connectivity index (χ4v) is 2.24. The predicted octanol–water partition coefficient (Wildman–Crippen LogP) is 5.17. The molecular formula is C17H31N. The van der Waals surface area contributed by atoms with Crippen LogP contribution in [0.25, 0.3) is 0 Å². The molecule has 0 aromatic heterocycles. The molecule has 104 valence electrons. The molecule has 0 fully saturated rings. The fraction of sp³-hybridized carbons (Fsp3) is 0.647. The van der Waals surface area contributed by atoms with Crippen molar-refractivity contribution in [2.24, 2.45) is 5.92 Å². The van der Waals surface area contributed by atoms with E-state index in [1.165, 1.54) is 23.3 Å². The lowest BCUT2D eigenvalue weighted by Crippen LogP contribution is -2.20. The van der Waals surface area contributed by atoms with E-state index in [0.717, 1.165) is 25.0 Å². The van der Waals surface area contributed by atoms with Crippen LogP contribution < -0.4 is 0 Å². The molecule has 0 bridgehead atoms. The summed E-state index contributed by atoms with van der Waals surface area (Å²) in [5.41, 5.74) is 5.09. The highest BCUT2D eigenvalue weighted by Crippen LogP contribution is 2.28. The first-order valence-corrected chi connectivity index (χ1v) is 7.17. The smallest absolute Gasteiger partial charge is 0.0422 e. The van der Waals surface area contributed by atoms with E-state index in [0.29, 0.717) is 5.92 Å². The first-order valence-electron chi connectivity index (χ1n) is 7.17. The van der Waals surface area contributed by atoms with Gasteiger partial charge in [0.25, 0.3) is 0 Å².